The van der Waals surface area contributed by atoms with Gasteiger partial charge in [-0.2, -0.15) is 5.10 Å². The Labute approximate surface area is 169 Å². The topological polar surface area (TPSA) is 90.5 Å². The van der Waals surface area contributed by atoms with Crippen LogP contribution < -0.4 is 14.8 Å². The molecule has 1 aromatic carbocycles. The van der Waals surface area contributed by atoms with Gasteiger partial charge in [-0.05, 0) is 42.8 Å². The molecule has 154 valence electrons. The van der Waals surface area contributed by atoms with Crippen LogP contribution in [0.5, 0.6) is 11.5 Å². The second-order valence-corrected chi connectivity index (χ2v) is 6.71. The van der Waals surface area contributed by atoms with E-state index in [2.05, 4.69) is 10.4 Å². The van der Waals surface area contributed by atoms with E-state index in [1.807, 2.05) is 36.0 Å². The van der Waals surface area contributed by atoms with Crippen LogP contribution in [0.2, 0.25) is 0 Å². The van der Waals surface area contributed by atoms with E-state index < -0.39 is 6.10 Å². The van der Waals surface area contributed by atoms with Crippen molar-refractivity contribution in [2.45, 2.75) is 12.5 Å². The number of methoxy groups -OCH3 is 2. The molecule has 0 aliphatic rings. The van der Waals surface area contributed by atoms with Crippen LogP contribution in [0.25, 0.3) is 11.3 Å². The monoisotopic (exact) mass is 398 g/mol. The Bertz CT molecular complexity index is 992. The van der Waals surface area contributed by atoms with Gasteiger partial charge in [0, 0.05) is 38.1 Å². The van der Waals surface area contributed by atoms with Crippen LogP contribution in [0.3, 0.4) is 0 Å². The molecule has 0 bridgehead atoms. The Morgan fingerprint density at radius 3 is 2.66 bits per heavy atom. The van der Waals surface area contributed by atoms with E-state index in [-0.39, 0.29) is 5.91 Å². The lowest BCUT2D eigenvalue weighted by Gasteiger charge is -2.12. The summed E-state index contributed by atoms with van der Waals surface area (Å²) in [6, 6.07) is 10.9. The fraction of sp³-hybridized carbons (Fsp3) is 0.333. The molecule has 29 heavy (non-hydrogen) atoms. The minimum atomic E-state index is -0.640. The molecule has 1 atom stereocenters. The number of hydrogen-bond donors (Lipinski definition) is 2. The summed E-state index contributed by atoms with van der Waals surface area (Å²) in [4.78, 5) is 12.6. The Morgan fingerprint density at radius 2 is 2.00 bits per heavy atom. The van der Waals surface area contributed by atoms with Crippen molar-refractivity contribution in [1.82, 2.24) is 19.7 Å². The molecule has 3 rings (SSSR count). The molecular weight excluding hydrogens is 372 g/mol. The smallest absolute Gasteiger partial charge is 0.269 e. The average molecular weight is 398 g/mol. The predicted octanol–water partition coefficient (Wildman–Crippen LogP) is 2.30. The fourth-order valence-corrected chi connectivity index (χ4v) is 3.21. The van der Waals surface area contributed by atoms with Crippen LogP contribution in [0.1, 0.15) is 28.7 Å². The zero-order valence-electron chi connectivity index (χ0n) is 17.0. The summed E-state index contributed by atoms with van der Waals surface area (Å²) in [6.07, 6.45) is 1.65. The third-order valence-corrected chi connectivity index (χ3v) is 4.82. The fourth-order valence-electron chi connectivity index (χ4n) is 3.21. The van der Waals surface area contributed by atoms with Gasteiger partial charge in [0.15, 0.2) is 0 Å². The number of nitrogens with zero attached hydrogens (tertiary/aromatic N) is 3. The average Bonchev–Trinajstić information content (AvgIpc) is 3.32. The van der Waals surface area contributed by atoms with E-state index in [0.717, 1.165) is 11.3 Å². The second kappa shape index (κ2) is 8.83. The van der Waals surface area contributed by atoms with E-state index in [4.69, 9.17) is 9.47 Å². The number of aliphatic hydroxyl groups excluding tert-OH is 1. The number of benzene rings is 1. The van der Waals surface area contributed by atoms with E-state index in [0.29, 0.717) is 35.9 Å². The first kappa shape index (κ1) is 20.5. The normalized spacial score (nSPS) is 11.9. The molecule has 8 heteroatoms. The molecule has 2 aromatic heterocycles. The molecule has 0 spiro atoms. The largest absolute Gasteiger partial charge is 0.497 e. The molecule has 3 aromatic rings. The highest BCUT2D eigenvalue weighted by molar-refractivity contribution is 5.93. The second-order valence-electron chi connectivity index (χ2n) is 6.71. The van der Waals surface area contributed by atoms with Crippen molar-refractivity contribution in [1.29, 1.82) is 0 Å². The van der Waals surface area contributed by atoms with Crippen molar-refractivity contribution in [2.24, 2.45) is 14.1 Å². The number of hydrogen-bond acceptors (Lipinski definition) is 5. The van der Waals surface area contributed by atoms with Crippen molar-refractivity contribution in [3.63, 3.8) is 0 Å². The van der Waals surface area contributed by atoms with Crippen LogP contribution in [0.4, 0.5) is 0 Å². The van der Waals surface area contributed by atoms with Gasteiger partial charge in [-0.15, -0.1) is 0 Å². The van der Waals surface area contributed by atoms with Gasteiger partial charge in [0.05, 0.1) is 26.0 Å². The van der Waals surface area contributed by atoms with Gasteiger partial charge in [0.2, 0.25) is 0 Å². The number of carbonyl (C=O) groups excluding carboxylic acids is 1. The third-order valence-electron chi connectivity index (χ3n) is 4.82. The molecule has 0 fully saturated rings. The van der Waals surface area contributed by atoms with Crippen LogP contribution in [-0.4, -0.2) is 46.1 Å². The summed E-state index contributed by atoms with van der Waals surface area (Å²) in [6.45, 7) is 0.341. The summed E-state index contributed by atoms with van der Waals surface area (Å²) in [7, 11) is 6.76. The first-order chi connectivity index (χ1) is 13.9. The van der Waals surface area contributed by atoms with Crippen LogP contribution in [0.15, 0.2) is 42.6 Å². The highest BCUT2D eigenvalue weighted by Gasteiger charge is 2.18. The van der Waals surface area contributed by atoms with Gasteiger partial charge in [-0.1, -0.05) is 0 Å². The molecule has 8 nitrogen and oxygen atoms in total. The van der Waals surface area contributed by atoms with Gasteiger partial charge in [0.25, 0.3) is 5.91 Å². The lowest BCUT2D eigenvalue weighted by atomic mass is 10.1. The number of rotatable bonds is 8. The third kappa shape index (κ3) is 4.43. The molecule has 2 heterocycles. The molecule has 1 unspecified atom stereocenters. The van der Waals surface area contributed by atoms with Crippen molar-refractivity contribution in [2.75, 3.05) is 20.8 Å². The zero-order chi connectivity index (χ0) is 21.0. The van der Waals surface area contributed by atoms with Gasteiger partial charge in [-0.3, -0.25) is 9.48 Å². The van der Waals surface area contributed by atoms with E-state index >= 15 is 0 Å². The number of aromatic nitrogens is 3. The number of nitrogens with one attached hydrogen (secondary N) is 1. The van der Waals surface area contributed by atoms with Gasteiger partial charge in [-0.25, -0.2) is 0 Å². The Morgan fingerprint density at radius 1 is 1.21 bits per heavy atom. The number of amides is 1. The zero-order valence-corrected chi connectivity index (χ0v) is 17.0. The molecular formula is C21H26N4O4. The molecule has 1 amide bonds. The highest BCUT2D eigenvalue weighted by Crippen LogP contribution is 2.32. The maximum atomic E-state index is 12.6. The van der Waals surface area contributed by atoms with E-state index in [9.17, 15) is 9.90 Å². The van der Waals surface area contributed by atoms with Crippen LogP contribution in [-0.2, 0) is 14.1 Å². The van der Waals surface area contributed by atoms with Crippen molar-refractivity contribution in [3.8, 4) is 22.8 Å². The molecule has 0 saturated carbocycles. The van der Waals surface area contributed by atoms with E-state index in [1.165, 1.54) is 4.68 Å². The lowest BCUT2D eigenvalue weighted by molar-refractivity contribution is 0.0932. The molecule has 0 aliphatic heterocycles. The number of aliphatic hydroxyl groups is 1. The SMILES string of the molecule is COc1ccc(OC)c(-c2cc(C(=O)NCCC(O)c3cccn3C)n(C)n2)c1. The highest BCUT2D eigenvalue weighted by atomic mass is 16.5. The summed E-state index contributed by atoms with van der Waals surface area (Å²) in [5, 5.41) is 17.6. The van der Waals surface area contributed by atoms with Crippen molar-refractivity contribution < 1.29 is 19.4 Å². The number of carbonyl (C=O) groups is 1. The van der Waals surface area contributed by atoms with Crippen LogP contribution >= 0.6 is 0 Å². The maximum absolute atomic E-state index is 12.6. The molecule has 0 aliphatic carbocycles. The molecule has 2 N–H and O–H groups in total. The summed E-state index contributed by atoms with van der Waals surface area (Å²) >= 11 is 0. The minimum absolute atomic E-state index is 0.257. The van der Waals surface area contributed by atoms with Crippen molar-refractivity contribution in [3.05, 3.63) is 54.0 Å². The Kier molecular flexibility index (Phi) is 6.23. The molecule has 0 saturated heterocycles. The van der Waals surface area contributed by atoms with Crippen LogP contribution in [0, 0.1) is 0 Å². The predicted molar refractivity (Wildman–Crippen MR) is 109 cm³/mol. The first-order valence-corrected chi connectivity index (χ1v) is 9.28. The first-order valence-electron chi connectivity index (χ1n) is 9.28. The summed E-state index contributed by atoms with van der Waals surface area (Å²) in [5.74, 6) is 1.06. The van der Waals surface area contributed by atoms with Gasteiger partial charge >= 0.3 is 0 Å². The Balaban J connectivity index is 1.70. The number of ether oxygens (including phenoxy) is 2. The van der Waals surface area contributed by atoms with Crippen molar-refractivity contribution >= 4 is 5.91 Å². The number of aryl methyl sites for hydroxylation is 2. The lowest BCUT2D eigenvalue weighted by Crippen LogP contribution is -2.27. The van der Waals surface area contributed by atoms with E-state index in [1.54, 1.807) is 39.5 Å². The Hall–Kier alpha value is -3.26. The standard InChI is InChI=1S/C21H26N4O4/c1-24-11-5-6-17(24)19(26)9-10-22-21(27)18-13-16(23-25(18)2)15-12-14(28-3)7-8-20(15)29-4/h5-8,11-13,19,26H,9-10H2,1-4H3,(H,22,27). The van der Waals surface area contributed by atoms with Gasteiger partial charge < -0.3 is 24.5 Å². The maximum Gasteiger partial charge on any atom is 0.269 e. The summed E-state index contributed by atoms with van der Waals surface area (Å²) < 4.78 is 14.1. The summed E-state index contributed by atoms with van der Waals surface area (Å²) in [5.41, 5.74) is 2.57. The van der Waals surface area contributed by atoms with Gasteiger partial charge in [0.1, 0.15) is 17.2 Å². The molecule has 0 radical (unpaired) electrons. The quantitative estimate of drug-likeness (QED) is 0.608. The minimum Gasteiger partial charge on any atom is -0.497 e.